The molecule has 0 N–H and O–H groups in total. The van der Waals surface area contributed by atoms with E-state index >= 15 is 4.39 Å². The quantitative estimate of drug-likeness (QED) is 0.382. The summed E-state index contributed by atoms with van der Waals surface area (Å²) >= 11 is 0. The van der Waals surface area contributed by atoms with E-state index in [4.69, 9.17) is 14.5 Å². The number of imidazole rings is 1. The third-order valence-corrected chi connectivity index (χ3v) is 7.99. The normalized spacial score (nSPS) is 19.9. The summed E-state index contributed by atoms with van der Waals surface area (Å²) in [5.41, 5.74) is 2.76. The van der Waals surface area contributed by atoms with Gasteiger partial charge in [-0.05, 0) is 52.3 Å². The van der Waals surface area contributed by atoms with Gasteiger partial charge in [0.1, 0.15) is 35.5 Å². The number of ether oxygens (including phenoxy) is 2. The van der Waals surface area contributed by atoms with Crippen molar-refractivity contribution in [1.82, 2.24) is 39.0 Å². The molecular formula is C28H33FN8O2. The van der Waals surface area contributed by atoms with Gasteiger partial charge in [0.05, 0.1) is 43.1 Å². The number of aromatic nitrogens is 7. The van der Waals surface area contributed by atoms with E-state index in [-0.39, 0.29) is 17.9 Å². The molecule has 1 atom stereocenters. The first-order valence-electron chi connectivity index (χ1n) is 13.8. The number of rotatable bonds is 5. The Morgan fingerprint density at radius 1 is 1.05 bits per heavy atom. The van der Waals surface area contributed by atoms with Crippen molar-refractivity contribution in [3.8, 4) is 39.9 Å². The predicted molar refractivity (Wildman–Crippen MR) is 143 cm³/mol. The van der Waals surface area contributed by atoms with Crippen LogP contribution in [0.3, 0.4) is 0 Å². The smallest absolute Gasteiger partial charge is 0.178 e. The van der Waals surface area contributed by atoms with Crippen molar-refractivity contribution in [2.75, 3.05) is 32.9 Å². The van der Waals surface area contributed by atoms with Gasteiger partial charge in [-0.1, -0.05) is 0 Å². The van der Waals surface area contributed by atoms with E-state index < -0.39 is 0 Å². The molecule has 3 aliphatic heterocycles. The van der Waals surface area contributed by atoms with Crippen LogP contribution in [0.5, 0.6) is 5.75 Å². The number of hydrogen-bond acceptors (Lipinski definition) is 7. The van der Waals surface area contributed by atoms with E-state index in [2.05, 4.69) is 38.5 Å². The molecule has 7 rings (SSSR count). The van der Waals surface area contributed by atoms with Crippen molar-refractivity contribution < 1.29 is 13.9 Å². The van der Waals surface area contributed by atoms with Crippen molar-refractivity contribution in [2.45, 2.75) is 58.3 Å². The number of fused-ring (bicyclic) bond motifs is 3. The van der Waals surface area contributed by atoms with Crippen molar-refractivity contribution >= 4 is 0 Å². The van der Waals surface area contributed by atoms with Crippen LogP contribution in [0.4, 0.5) is 4.39 Å². The van der Waals surface area contributed by atoms with Gasteiger partial charge in [0.25, 0.3) is 0 Å². The molecule has 4 aromatic rings. The van der Waals surface area contributed by atoms with Crippen molar-refractivity contribution in [1.29, 1.82) is 0 Å². The molecule has 3 aliphatic rings. The van der Waals surface area contributed by atoms with Crippen LogP contribution in [0.1, 0.15) is 44.6 Å². The van der Waals surface area contributed by atoms with Gasteiger partial charge in [-0.2, -0.15) is 10.2 Å². The van der Waals surface area contributed by atoms with Crippen LogP contribution in [0.2, 0.25) is 0 Å². The minimum Gasteiger partial charge on any atom is -0.491 e. The minimum atomic E-state index is -0.328. The Labute approximate surface area is 226 Å². The van der Waals surface area contributed by atoms with Gasteiger partial charge in [0.15, 0.2) is 5.82 Å². The lowest BCUT2D eigenvalue weighted by Crippen LogP contribution is -2.52. The Kier molecular flexibility index (Phi) is 6.00. The Morgan fingerprint density at radius 2 is 1.92 bits per heavy atom. The van der Waals surface area contributed by atoms with Crippen LogP contribution in [-0.4, -0.2) is 77.9 Å². The van der Waals surface area contributed by atoms with E-state index in [1.807, 2.05) is 34.6 Å². The van der Waals surface area contributed by atoms with Gasteiger partial charge in [0.2, 0.25) is 0 Å². The van der Waals surface area contributed by atoms with Crippen LogP contribution < -0.4 is 4.74 Å². The van der Waals surface area contributed by atoms with Crippen LogP contribution >= 0.6 is 0 Å². The van der Waals surface area contributed by atoms with Gasteiger partial charge < -0.3 is 14.0 Å². The fourth-order valence-electron chi connectivity index (χ4n) is 5.94. The Bertz CT molecular complexity index is 1520. The maximum atomic E-state index is 15.7. The lowest BCUT2D eigenvalue weighted by molar-refractivity contribution is -0.0756. The molecule has 39 heavy (non-hydrogen) atoms. The molecule has 10 nitrogen and oxygen atoms in total. The third kappa shape index (κ3) is 4.24. The number of likely N-dealkylation sites (tertiary alicyclic amines) is 1. The molecule has 0 amide bonds. The van der Waals surface area contributed by atoms with Crippen molar-refractivity contribution in [3.05, 3.63) is 42.2 Å². The van der Waals surface area contributed by atoms with Crippen molar-refractivity contribution in [3.63, 3.8) is 0 Å². The standard InChI is InChI=1S/C28H33FN8O2/c1-17(2)36-28(31-18(3)33-36)24-14-35-9-10-39-26-12-23(29)21(11-22(26)27(35)32-24)25-6-7-30-37(25)19-5-4-8-34(13-19)20-15-38-16-20/h6-7,11-12,14,17,19-20H,4-5,8-10,13,15-16H2,1-3H3/t19-/m0/s1. The predicted octanol–water partition coefficient (Wildman–Crippen LogP) is 4.13. The second-order valence-electron chi connectivity index (χ2n) is 11.0. The average molecular weight is 533 g/mol. The van der Waals surface area contributed by atoms with Crippen LogP contribution in [0, 0.1) is 12.7 Å². The molecule has 1 aromatic carbocycles. The first-order valence-corrected chi connectivity index (χ1v) is 13.8. The molecule has 2 fully saturated rings. The number of hydrogen-bond donors (Lipinski definition) is 0. The monoisotopic (exact) mass is 532 g/mol. The zero-order valence-electron chi connectivity index (χ0n) is 22.5. The van der Waals surface area contributed by atoms with E-state index in [1.165, 1.54) is 6.07 Å². The first-order chi connectivity index (χ1) is 19.0. The fourth-order valence-corrected chi connectivity index (χ4v) is 5.94. The maximum Gasteiger partial charge on any atom is 0.178 e. The fraction of sp³-hybridized carbons (Fsp3) is 0.500. The van der Waals surface area contributed by atoms with Gasteiger partial charge >= 0.3 is 0 Å². The summed E-state index contributed by atoms with van der Waals surface area (Å²) in [5.74, 6) is 2.33. The summed E-state index contributed by atoms with van der Waals surface area (Å²) in [4.78, 5) is 12.1. The van der Waals surface area contributed by atoms with Gasteiger partial charge in [-0.15, -0.1) is 0 Å². The number of halogens is 1. The molecule has 204 valence electrons. The van der Waals surface area contributed by atoms with Gasteiger partial charge in [-0.25, -0.2) is 19.0 Å². The molecule has 6 heterocycles. The van der Waals surface area contributed by atoms with Gasteiger partial charge in [-0.3, -0.25) is 9.58 Å². The number of aryl methyl sites for hydroxylation is 1. The second-order valence-corrected chi connectivity index (χ2v) is 11.0. The average Bonchev–Trinajstić information content (AvgIpc) is 3.60. The van der Waals surface area contributed by atoms with Crippen LogP contribution in [-0.2, 0) is 11.3 Å². The Morgan fingerprint density at radius 3 is 2.72 bits per heavy atom. The third-order valence-electron chi connectivity index (χ3n) is 7.99. The molecule has 0 bridgehead atoms. The Hall–Kier alpha value is -3.57. The summed E-state index contributed by atoms with van der Waals surface area (Å²) in [6.07, 6.45) is 5.85. The zero-order valence-corrected chi connectivity index (χ0v) is 22.5. The molecule has 0 unspecified atom stereocenters. The summed E-state index contributed by atoms with van der Waals surface area (Å²) in [6.45, 7) is 10.6. The highest BCUT2D eigenvalue weighted by Gasteiger charge is 2.32. The molecular weight excluding hydrogens is 499 g/mol. The molecule has 0 aliphatic carbocycles. The molecule has 11 heteroatoms. The summed E-state index contributed by atoms with van der Waals surface area (Å²) < 4.78 is 33.0. The van der Waals surface area contributed by atoms with E-state index in [1.54, 1.807) is 6.20 Å². The van der Waals surface area contributed by atoms with E-state index in [0.29, 0.717) is 36.3 Å². The van der Waals surface area contributed by atoms with E-state index in [9.17, 15) is 0 Å². The highest BCUT2D eigenvalue weighted by atomic mass is 19.1. The lowest BCUT2D eigenvalue weighted by atomic mass is 10.0. The van der Waals surface area contributed by atoms with Crippen LogP contribution in [0.15, 0.2) is 30.6 Å². The minimum absolute atomic E-state index is 0.145. The molecule has 3 aromatic heterocycles. The van der Waals surface area contributed by atoms with Gasteiger partial charge in [0, 0.05) is 36.6 Å². The Balaban J connectivity index is 1.28. The summed E-state index contributed by atoms with van der Waals surface area (Å²) in [5, 5.41) is 9.22. The lowest BCUT2D eigenvalue weighted by Gasteiger charge is -2.42. The summed E-state index contributed by atoms with van der Waals surface area (Å²) in [7, 11) is 0. The molecule has 0 radical (unpaired) electrons. The SMILES string of the molecule is Cc1nc(-c2cn3c(n2)-c2cc(-c4ccnn4[C@H]4CCCN(C5COC5)C4)c(F)cc2OCC3)n(C(C)C)n1. The molecule has 2 saturated heterocycles. The maximum absolute atomic E-state index is 15.7. The van der Waals surface area contributed by atoms with Crippen molar-refractivity contribution in [2.24, 2.45) is 0 Å². The van der Waals surface area contributed by atoms with E-state index in [0.717, 1.165) is 67.7 Å². The highest BCUT2D eigenvalue weighted by molar-refractivity contribution is 5.75. The number of nitrogens with zero attached hydrogens (tertiary/aromatic N) is 8. The number of piperidine rings is 1. The largest absolute Gasteiger partial charge is 0.491 e. The highest BCUT2D eigenvalue weighted by Crippen LogP contribution is 2.39. The first kappa shape index (κ1) is 24.5. The zero-order chi connectivity index (χ0) is 26.7. The second kappa shape index (κ2) is 9.56. The molecule has 0 spiro atoms. The topological polar surface area (TPSA) is 88.0 Å². The molecule has 0 saturated carbocycles. The summed E-state index contributed by atoms with van der Waals surface area (Å²) in [6, 6.07) is 6.06. The van der Waals surface area contributed by atoms with Crippen LogP contribution in [0.25, 0.3) is 34.2 Å². The number of benzene rings is 1.